The van der Waals surface area contributed by atoms with Gasteiger partial charge in [-0.3, -0.25) is 14.5 Å². The molecule has 0 aromatic rings. The van der Waals surface area contributed by atoms with Crippen molar-refractivity contribution in [3.8, 4) is 0 Å². The maximum atomic E-state index is 12.7. The molecular weight excluding hydrogens is 254 g/mol. The normalized spacial score (nSPS) is 24.2. The molecule has 0 bridgehead atoms. The molecule has 0 radical (unpaired) electrons. The van der Waals surface area contributed by atoms with Gasteiger partial charge < -0.3 is 5.11 Å². The number of hydrogen-bond acceptors (Lipinski definition) is 3. The van der Waals surface area contributed by atoms with Crippen LogP contribution >= 0.6 is 0 Å². The summed E-state index contributed by atoms with van der Waals surface area (Å²) in [5.41, 5.74) is -0.384. The van der Waals surface area contributed by atoms with Gasteiger partial charge in [-0.2, -0.15) is 0 Å². The maximum absolute atomic E-state index is 12.7. The van der Waals surface area contributed by atoms with E-state index < -0.39 is 0 Å². The van der Waals surface area contributed by atoms with E-state index in [1.54, 1.807) is 0 Å². The topological polar surface area (TPSA) is 57.6 Å². The van der Waals surface area contributed by atoms with Gasteiger partial charge in [-0.05, 0) is 25.2 Å². The van der Waals surface area contributed by atoms with Gasteiger partial charge in [-0.15, -0.1) is 0 Å². The molecule has 2 aliphatic rings. The molecule has 1 atom stereocenters. The van der Waals surface area contributed by atoms with Crippen LogP contribution in [-0.4, -0.2) is 35.0 Å². The fraction of sp³-hybridized carbons (Fsp3) is 0.875. The maximum Gasteiger partial charge on any atom is 0.235 e. The van der Waals surface area contributed by atoms with Gasteiger partial charge in [0.15, 0.2) is 0 Å². The SMILES string of the molecule is CCC(CCO)CN1C(=O)CC2(CCCCCC2)C1=O. The summed E-state index contributed by atoms with van der Waals surface area (Å²) < 4.78 is 0. The lowest BCUT2D eigenvalue weighted by Crippen LogP contribution is -2.38. The highest BCUT2D eigenvalue weighted by molar-refractivity contribution is 6.05. The third-order valence-electron chi connectivity index (χ3n) is 5.11. The lowest BCUT2D eigenvalue weighted by molar-refractivity contribution is -0.142. The van der Waals surface area contributed by atoms with Crippen LogP contribution in [0.1, 0.15) is 64.7 Å². The highest BCUT2D eigenvalue weighted by Crippen LogP contribution is 2.44. The Morgan fingerprint density at radius 1 is 1.20 bits per heavy atom. The van der Waals surface area contributed by atoms with Crippen molar-refractivity contribution in [3.63, 3.8) is 0 Å². The average molecular weight is 281 g/mol. The van der Waals surface area contributed by atoms with Crippen molar-refractivity contribution in [2.75, 3.05) is 13.2 Å². The van der Waals surface area contributed by atoms with Crippen LogP contribution in [-0.2, 0) is 9.59 Å². The molecule has 1 spiro atoms. The lowest BCUT2D eigenvalue weighted by Gasteiger charge is -2.26. The molecule has 2 fully saturated rings. The minimum absolute atomic E-state index is 0.00768. The van der Waals surface area contributed by atoms with Crippen molar-refractivity contribution in [1.82, 2.24) is 4.90 Å². The van der Waals surface area contributed by atoms with Crippen LogP contribution < -0.4 is 0 Å². The smallest absolute Gasteiger partial charge is 0.235 e. The Kier molecular flexibility index (Phi) is 5.19. The predicted octanol–water partition coefficient (Wildman–Crippen LogP) is 2.49. The third-order valence-corrected chi connectivity index (χ3v) is 5.11. The summed E-state index contributed by atoms with van der Waals surface area (Å²) in [5, 5.41) is 9.06. The van der Waals surface area contributed by atoms with Crippen LogP contribution in [0, 0.1) is 11.3 Å². The molecule has 4 nitrogen and oxygen atoms in total. The third kappa shape index (κ3) is 3.05. The molecule has 1 unspecified atom stereocenters. The molecule has 1 saturated heterocycles. The summed E-state index contributed by atoms with van der Waals surface area (Å²) in [6.45, 7) is 2.67. The number of likely N-dealkylation sites (tertiary alicyclic amines) is 1. The number of amides is 2. The minimum Gasteiger partial charge on any atom is -0.396 e. The zero-order chi connectivity index (χ0) is 14.6. The number of nitrogens with zero attached hydrogens (tertiary/aromatic N) is 1. The van der Waals surface area contributed by atoms with E-state index in [2.05, 4.69) is 0 Å². The van der Waals surface area contributed by atoms with E-state index in [4.69, 9.17) is 5.11 Å². The number of imide groups is 1. The first kappa shape index (κ1) is 15.5. The molecule has 0 aromatic heterocycles. The molecule has 0 aromatic carbocycles. The molecule has 1 heterocycles. The second-order valence-corrected chi connectivity index (χ2v) is 6.47. The summed E-state index contributed by atoms with van der Waals surface area (Å²) in [7, 11) is 0. The Labute approximate surface area is 121 Å². The summed E-state index contributed by atoms with van der Waals surface area (Å²) in [5.74, 6) is 0.308. The van der Waals surface area contributed by atoms with E-state index in [1.165, 1.54) is 17.7 Å². The summed E-state index contributed by atoms with van der Waals surface area (Å²) in [4.78, 5) is 26.5. The van der Waals surface area contributed by atoms with Crippen molar-refractivity contribution in [2.24, 2.45) is 11.3 Å². The van der Waals surface area contributed by atoms with Crippen LogP contribution in [0.2, 0.25) is 0 Å². The Morgan fingerprint density at radius 3 is 2.40 bits per heavy atom. The van der Waals surface area contributed by atoms with Crippen LogP contribution in [0.3, 0.4) is 0 Å². The van der Waals surface area contributed by atoms with Gasteiger partial charge in [-0.25, -0.2) is 0 Å². The first-order valence-electron chi connectivity index (χ1n) is 8.08. The number of aliphatic hydroxyl groups excluding tert-OH is 1. The van der Waals surface area contributed by atoms with E-state index in [0.717, 1.165) is 32.1 Å². The van der Waals surface area contributed by atoms with Crippen LogP contribution in [0.4, 0.5) is 0 Å². The zero-order valence-corrected chi connectivity index (χ0v) is 12.6. The van der Waals surface area contributed by atoms with Gasteiger partial charge in [0.1, 0.15) is 0 Å². The van der Waals surface area contributed by atoms with Gasteiger partial charge >= 0.3 is 0 Å². The molecular formula is C16H27NO3. The van der Waals surface area contributed by atoms with Gasteiger partial charge in [0, 0.05) is 19.6 Å². The molecule has 2 rings (SSSR count). The zero-order valence-electron chi connectivity index (χ0n) is 12.6. The van der Waals surface area contributed by atoms with E-state index in [1.807, 2.05) is 6.92 Å². The summed E-state index contributed by atoms with van der Waals surface area (Å²) in [6, 6.07) is 0. The molecule has 1 N–H and O–H groups in total. The molecule has 114 valence electrons. The van der Waals surface area contributed by atoms with E-state index in [9.17, 15) is 9.59 Å². The van der Waals surface area contributed by atoms with Gasteiger partial charge in [0.2, 0.25) is 11.8 Å². The fourth-order valence-electron chi connectivity index (χ4n) is 3.71. The Bertz CT molecular complexity index is 359. The number of aliphatic hydroxyl groups is 1. The van der Waals surface area contributed by atoms with Gasteiger partial charge in [0.05, 0.1) is 5.41 Å². The molecule has 1 aliphatic heterocycles. The van der Waals surface area contributed by atoms with Crippen LogP contribution in [0.15, 0.2) is 0 Å². The average Bonchev–Trinajstić information content (AvgIpc) is 2.63. The highest BCUT2D eigenvalue weighted by Gasteiger charge is 2.50. The second kappa shape index (κ2) is 6.70. The van der Waals surface area contributed by atoms with Crippen molar-refractivity contribution < 1.29 is 14.7 Å². The van der Waals surface area contributed by atoms with E-state index in [0.29, 0.717) is 19.4 Å². The van der Waals surface area contributed by atoms with E-state index >= 15 is 0 Å². The van der Waals surface area contributed by atoms with Gasteiger partial charge in [0.25, 0.3) is 0 Å². The van der Waals surface area contributed by atoms with Crippen molar-refractivity contribution >= 4 is 11.8 Å². The standard InChI is InChI=1S/C16H27NO3/c1-2-13(7-10-18)12-17-14(19)11-16(15(17)20)8-5-3-4-6-9-16/h13,18H,2-12H2,1H3. The first-order valence-corrected chi connectivity index (χ1v) is 8.08. The largest absolute Gasteiger partial charge is 0.396 e. The van der Waals surface area contributed by atoms with Crippen LogP contribution in [0.5, 0.6) is 0 Å². The van der Waals surface area contributed by atoms with Crippen molar-refractivity contribution in [1.29, 1.82) is 0 Å². The molecule has 20 heavy (non-hydrogen) atoms. The molecule has 1 saturated carbocycles. The first-order chi connectivity index (χ1) is 9.63. The number of carbonyl (C=O) groups excluding carboxylic acids is 2. The minimum atomic E-state index is -0.384. The van der Waals surface area contributed by atoms with Crippen LogP contribution in [0.25, 0.3) is 0 Å². The quantitative estimate of drug-likeness (QED) is 0.788. The molecule has 2 amide bonds. The Balaban J connectivity index is 2.07. The Morgan fingerprint density at radius 2 is 1.85 bits per heavy atom. The number of carbonyl (C=O) groups is 2. The second-order valence-electron chi connectivity index (χ2n) is 6.47. The van der Waals surface area contributed by atoms with Crippen molar-refractivity contribution in [2.45, 2.75) is 64.7 Å². The summed E-state index contributed by atoms with van der Waals surface area (Å²) in [6.07, 6.45) is 8.25. The molecule has 4 heteroatoms. The van der Waals surface area contributed by atoms with Crippen molar-refractivity contribution in [3.05, 3.63) is 0 Å². The number of hydrogen-bond donors (Lipinski definition) is 1. The highest BCUT2D eigenvalue weighted by atomic mass is 16.3. The fourth-order valence-corrected chi connectivity index (χ4v) is 3.71. The van der Waals surface area contributed by atoms with E-state index in [-0.39, 0.29) is 29.8 Å². The number of rotatable bonds is 5. The summed E-state index contributed by atoms with van der Waals surface area (Å²) >= 11 is 0. The predicted molar refractivity (Wildman–Crippen MR) is 77.0 cm³/mol. The molecule has 1 aliphatic carbocycles. The van der Waals surface area contributed by atoms with Gasteiger partial charge in [-0.1, -0.05) is 39.0 Å². The lowest BCUT2D eigenvalue weighted by atomic mass is 9.79. The monoisotopic (exact) mass is 281 g/mol. The Hall–Kier alpha value is -0.900.